The smallest absolute Gasteiger partial charge is 0.251 e. The standard InChI is InChI=1S/C22H25N3O3S/c1-23-22(27)19-7-5-17(6-8-19)13-25(14-20-4-3-10-28-20)15-21(26)24(2)12-18-9-11-29-16-18/h3-11,16H,12-15H2,1-2H3,(H,23,27). The van der Waals surface area contributed by atoms with Gasteiger partial charge < -0.3 is 14.6 Å². The Hall–Kier alpha value is -2.90. The van der Waals surface area contributed by atoms with Gasteiger partial charge in [0.15, 0.2) is 0 Å². The molecule has 0 aliphatic heterocycles. The zero-order valence-corrected chi connectivity index (χ0v) is 17.4. The summed E-state index contributed by atoms with van der Waals surface area (Å²) in [5.41, 5.74) is 2.77. The summed E-state index contributed by atoms with van der Waals surface area (Å²) in [7, 11) is 3.43. The molecule has 2 aromatic heterocycles. The van der Waals surface area contributed by atoms with E-state index in [9.17, 15) is 9.59 Å². The maximum atomic E-state index is 12.8. The Morgan fingerprint density at radius 3 is 2.45 bits per heavy atom. The van der Waals surface area contributed by atoms with Crippen LogP contribution in [0, 0.1) is 0 Å². The lowest BCUT2D eigenvalue weighted by Gasteiger charge is -2.24. The number of carbonyl (C=O) groups is 2. The summed E-state index contributed by atoms with van der Waals surface area (Å²) in [6.45, 7) is 1.98. The molecule has 3 rings (SSSR count). The van der Waals surface area contributed by atoms with Gasteiger partial charge in [-0.2, -0.15) is 11.3 Å². The molecule has 2 amide bonds. The van der Waals surface area contributed by atoms with Crippen molar-refractivity contribution in [2.24, 2.45) is 0 Å². The van der Waals surface area contributed by atoms with Gasteiger partial charge in [-0.25, -0.2) is 0 Å². The van der Waals surface area contributed by atoms with E-state index in [1.165, 1.54) is 0 Å². The lowest BCUT2D eigenvalue weighted by molar-refractivity contribution is -0.132. The van der Waals surface area contributed by atoms with Gasteiger partial charge in [0, 0.05) is 32.7 Å². The molecule has 0 spiro atoms. The molecular weight excluding hydrogens is 386 g/mol. The van der Waals surface area contributed by atoms with Gasteiger partial charge in [0.2, 0.25) is 5.91 Å². The molecule has 0 saturated carbocycles. The van der Waals surface area contributed by atoms with Crippen molar-refractivity contribution in [2.75, 3.05) is 20.6 Å². The molecule has 152 valence electrons. The summed E-state index contributed by atoms with van der Waals surface area (Å²) >= 11 is 1.63. The first-order valence-corrected chi connectivity index (χ1v) is 10.3. The fourth-order valence-electron chi connectivity index (χ4n) is 3.01. The van der Waals surface area contributed by atoms with Gasteiger partial charge in [-0.05, 0) is 52.2 Å². The zero-order chi connectivity index (χ0) is 20.6. The molecular formula is C22H25N3O3S. The quantitative estimate of drug-likeness (QED) is 0.586. The van der Waals surface area contributed by atoms with Crippen LogP contribution in [0.2, 0.25) is 0 Å². The topological polar surface area (TPSA) is 65.8 Å². The van der Waals surface area contributed by atoms with E-state index in [-0.39, 0.29) is 18.4 Å². The third kappa shape index (κ3) is 6.04. The van der Waals surface area contributed by atoms with E-state index in [4.69, 9.17) is 4.42 Å². The van der Waals surface area contributed by atoms with Crippen LogP contribution in [0.1, 0.15) is 27.2 Å². The van der Waals surface area contributed by atoms with Crippen LogP contribution in [0.15, 0.2) is 63.9 Å². The first kappa shape index (κ1) is 20.8. The van der Waals surface area contributed by atoms with Gasteiger partial charge in [-0.15, -0.1) is 0 Å². The Bertz CT molecular complexity index is 905. The predicted octanol–water partition coefficient (Wildman–Crippen LogP) is 3.36. The molecule has 1 aromatic carbocycles. The summed E-state index contributed by atoms with van der Waals surface area (Å²) < 4.78 is 5.48. The molecule has 3 aromatic rings. The third-order valence-corrected chi connectivity index (χ3v) is 5.33. The molecule has 0 aliphatic carbocycles. The average Bonchev–Trinajstić information content (AvgIpc) is 3.42. The number of thiophene rings is 1. The van der Waals surface area contributed by atoms with Crippen molar-refractivity contribution in [1.82, 2.24) is 15.1 Å². The van der Waals surface area contributed by atoms with Crippen molar-refractivity contribution in [3.05, 3.63) is 81.9 Å². The molecule has 0 saturated heterocycles. The van der Waals surface area contributed by atoms with E-state index in [0.29, 0.717) is 25.2 Å². The molecule has 7 heteroatoms. The molecule has 2 heterocycles. The van der Waals surface area contributed by atoms with Crippen LogP contribution in [0.25, 0.3) is 0 Å². The van der Waals surface area contributed by atoms with E-state index in [0.717, 1.165) is 16.9 Å². The molecule has 0 aliphatic rings. The number of hydrogen-bond acceptors (Lipinski definition) is 5. The van der Waals surface area contributed by atoms with Crippen molar-refractivity contribution < 1.29 is 14.0 Å². The lowest BCUT2D eigenvalue weighted by atomic mass is 10.1. The third-order valence-electron chi connectivity index (χ3n) is 4.59. The van der Waals surface area contributed by atoms with Crippen molar-refractivity contribution in [3.63, 3.8) is 0 Å². The minimum atomic E-state index is -0.116. The molecule has 6 nitrogen and oxygen atoms in total. The highest BCUT2D eigenvalue weighted by atomic mass is 32.1. The van der Waals surface area contributed by atoms with Crippen LogP contribution in [0.5, 0.6) is 0 Å². The van der Waals surface area contributed by atoms with E-state index in [2.05, 4.69) is 10.7 Å². The number of nitrogens with zero attached hydrogens (tertiary/aromatic N) is 2. The molecule has 0 fully saturated rings. The normalized spacial score (nSPS) is 10.9. The molecule has 29 heavy (non-hydrogen) atoms. The monoisotopic (exact) mass is 411 g/mol. The minimum absolute atomic E-state index is 0.0461. The first-order chi connectivity index (χ1) is 14.0. The van der Waals surface area contributed by atoms with Crippen LogP contribution >= 0.6 is 11.3 Å². The number of nitrogens with one attached hydrogen (secondary N) is 1. The fourth-order valence-corrected chi connectivity index (χ4v) is 3.67. The van der Waals surface area contributed by atoms with Crippen LogP contribution in [-0.4, -0.2) is 42.3 Å². The SMILES string of the molecule is CNC(=O)c1ccc(CN(CC(=O)N(C)Cc2ccsc2)Cc2ccco2)cc1. The van der Waals surface area contributed by atoms with Crippen LogP contribution in [0.4, 0.5) is 0 Å². The number of benzene rings is 1. The van der Waals surface area contributed by atoms with Crippen molar-refractivity contribution in [1.29, 1.82) is 0 Å². The van der Waals surface area contributed by atoms with Crippen LogP contribution in [0.3, 0.4) is 0 Å². The minimum Gasteiger partial charge on any atom is -0.468 e. The highest BCUT2D eigenvalue weighted by Crippen LogP contribution is 2.13. The van der Waals surface area contributed by atoms with Gasteiger partial charge in [0.05, 0.1) is 19.4 Å². The molecule has 0 radical (unpaired) electrons. The Labute approximate surface area is 174 Å². The Morgan fingerprint density at radius 1 is 1.03 bits per heavy atom. The number of carbonyl (C=O) groups excluding carboxylic acids is 2. The summed E-state index contributed by atoms with van der Waals surface area (Å²) in [5, 5.41) is 6.68. The lowest BCUT2D eigenvalue weighted by Crippen LogP contribution is -2.37. The van der Waals surface area contributed by atoms with Gasteiger partial charge in [-0.1, -0.05) is 12.1 Å². The second-order valence-corrected chi connectivity index (χ2v) is 7.66. The van der Waals surface area contributed by atoms with E-state index in [1.807, 2.05) is 47.7 Å². The molecule has 0 atom stereocenters. The van der Waals surface area contributed by atoms with E-state index < -0.39 is 0 Å². The van der Waals surface area contributed by atoms with E-state index in [1.54, 1.807) is 41.7 Å². The molecule has 0 bridgehead atoms. The Balaban J connectivity index is 1.67. The van der Waals surface area contributed by atoms with Crippen molar-refractivity contribution in [3.8, 4) is 0 Å². The number of likely N-dealkylation sites (N-methyl/N-ethyl adjacent to an activating group) is 1. The van der Waals surface area contributed by atoms with Crippen LogP contribution in [-0.2, 0) is 24.4 Å². The maximum absolute atomic E-state index is 12.8. The first-order valence-electron chi connectivity index (χ1n) is 9.36. The maximum Gasteiger partial charge on any atom is 0.251 e. The highest BCUT2D eigenvalue weighted by molar-refractivity contribution is 7.07. The van der Waals surface area contributed by atoms with Crippen molar-refractivity contribution >= 4 is 23.2 Å². The second kappa shape index (κ2) is 10.0. The van der Waals surface area contributed by atoms with Gasteiger partial charge in [0.25, 0.3) is 5.91 Å². The number of furan rings is 1. The highest BCUT2D eigenvalue weighted by Gasteiger charge is 2.17. The molecule has 1 N–H and O–H groups in total. The summed E-state index contributed by atoms with van der Waals surface area (Å²) in [6.07, 6.45) is 1.64. The van der Waals surface area contributed by atoms with Crippen LogP contribution < -0.4 is 5.32 Å². The van der Waals surface area contributed by atoms with Gasteiger partial charge in [-0.3, -0.25) is 14.5 Å². The second-order valence-electron chi connectivity index (χ2n) is 6.88. The number of rotatable bonds is 9. The van der Waals surface area contributed by atoms with Gasteiger partial charge >= 0.3 is 0 Å². The summed E-state index contributed by atoms with van der Waals surface area (Å²) in [6, 6.07) is 13.2. The largest absolute Gasteiger partial charge is 0.468 e. The van der Waals surface area contributed by atoms with E-state index >= 15 is 0 Å². The van der Waals surface area contributed by atoms with Gasteiger partial charge in [0.1, 0.15) is 5.76 Å². The van der Waals surface area contributed by atoms with Crippen molar-refractivity contribution in [2.45, 2.75) is 19.6 Å². The average molecular weight is 412 g/mol. The summed E-state index contributed by atoms with van der Waals surface area (Å²) in [4.78, 5) is 28.3. The Kier molecular flexibility index (Phi) is 7.21. The fraction of sp³-hybridized carbons (Fsp3) is 0.273. The zero-order valence-electron chi connectivity index (χ0n) is 16.6. The molecule has 0 unspecified atom stereocenters. The predicted molar refractivity (Wildman–Crippen MR) is 113 cm³/mol. The Morgan fingerprint density at radius 2 is 1.83 bits per heavy atom. The number of hydrogen-bond donors (Lipinski definition) is 1. The number of amides is 2. The summed E-state index contributed by atoms with van der Waals surface area (Å²) in [5.74, 6) is 0.735.